The molecule has 1 fully saturated rings. The number of rotatable bonds is 4. The summed E-state index contributed by atoms with van der Waals surface area (Å²) in [5.41, 5.74) is 2.43. The van der Waals surface area contributed by atoms with Crippen molar-refractivity contribution in [3.8, 4) is 11.1 Å². The van der Waals surface area contributed by atoms with Gasteiger partial charge in [0.1, 0.15) is 0 Å². The molecule has 0 saturated carbocycles. The first-order chi connectivity index (χ1) is 18.2. The molecule has 1 saturated heterocycles. The van der Waals surface area contributed by atoms with E-state index in [1.165, 1.54) is 18.3 Å². The Kier molecular flexibility index (Phi) is 6.78. The van der Waals surface area contributed by atoms with Gasteiger partial charge < -0.3 is 19.9 Å². The number of ether oxygens (including phenoxy) is 1. The molecule has 0 radical (unpaired) electrons. The fraction of sp³-hybridized carbons (Fsp3) is 0.333. The molecular formula is C27H26F3N5O3. The fourth-order valence-corrected chi connectivity index (χ4v) is 4.80. The number of halogens is 3. The number of morpholine rings is 1. The van der Waals surface area contributed by atoms with E-state index >= 15 is 0 Å². The molecule has 2 aliphatic heterocycles. The zero-order valence-electron chi connectivity index (χ0n) is 20.9. The quantitative estimate of drug-likeness (QED) is 0.543. The summed E-state index contributed by atoms with van der Waals surface area (Å²) in [6, 6.07) is 7.84. The highest BCUT2D eigenvalue weighted by atomic mass is 19.4. The van der Waals surface area contributed by atoms with E-state index in [1.54, 1.807) is 24.1 Å². The summed E-state index contributed by atoms with van der Waals surface area (Å²) in [4.78, 5) is 38.8. The van der Waals surface area contributed by atoms with Gasteiger partial charge in [-0.3, -0.25) is 14.6 Å². The highest BCUT2D eigenvalue weighted by Crippen LogP contribution is 2.34. The molecule has 1 aromatic carbocycles. The van der Waals surface area contributed by atoms with E-state index in [1.807, 2.05) is 13.0 Å². The second-order valence-electron chi connectivity index (χ2n) is 9.25. The maximum Gasteiger partial charge on any atom is 0.416 e. The summed E-state index contributed by atoms with van der Waals surface area (Å²) in [7, 11) is 0. The van der Waals surface area contributed by atoms with Gasteiger partial charge in [-0.1, -0.05) is 6.07 Å². The number of aryl methyl sites for hydroxylation is 1. The smallest absolute Gasteiger partial charge is 0.377 e. The second-order valence-corrected chi connectivity index (χ2v) is 9.25. The maximum atomic E-state index is 13.2. The number of likely N-dealkylation sites (N-methyl/N-ethyl adjacent to an activating group) is 1. The Balaban J connectivity index is 1.47. The van der Waals surface area contributed by atoms with Crippen LogP contribution in [0, 0.1) is 6.92 Å². The van der Waals surface area contributed by atoms with Crippen LogP contribution in [0.3, 0.4) is 0 Å². The molecule has 1 N–H and O–H groups in total. The first-order valence-corrected chi connectivity index (χ1v) is 12.2. The van der Waals surface area contributed by atoms with Crippen LogP contribution in [0.1, 0.15) is 39.0 Å². The summed E-state index contributed by atoms with van der Waals surface area (Å²) in [6.07, 6.45) is -1.50. The number of carbonyl (C=O) groups excluding carboxylic acids is 2. The minimum atomic E-state index is -4.55. The number of nitrogens with one attached hydrogen (secondary N) is 1. The van der Waals surface area contributed by atoms with Crippen molar-refractivity contribution in [3.63, 3.8) is 0 Å². The maximum absolute atomic E-state index is 13.2. The summed E-state index contributed by atoms with van der Waals surface area (Å²) >= 11 is 0. The number of alkyl halides is 3. The van der Waals surface area contributed by atoms with Crippen LogP contribution in [0.5, 0.6) is 0 Å². The van der Waals surface area contributed by atoms with E-state index < -0.39 is 17.6 Å². The summed E-state index contributed by atoms with van der Waals surface area (Å²) in [5.74, 6) is -0.824. The molecule has 2 aromatic heterocycles. The number of pyridine rings is 2. The number of aromatic nitrogens is 2. The third-order valence-corrected chi connectivity index (χ3v) is 6.82. The van der Waals surface area contributed by atoms with E-state index in [2.05, 4.69) is 20.2 Å². The van der Waals surface area contributed by atoms with Crippen LogP contribution in [0.2, 0.25) is 0 Å². The molecule has 8 nitrogen and oxygen atoms in total. The molecular weight excluding hydrogens is 499 g/mol. The van der Waals surface area contributed by atoms with Crippen LogP contribution in [-0.2, 0) is 10.9 Å². The van der Waals surface area contributed by atoms with Crippen molar-refractivity contribution in [1.82, 2.24) is 14.9 Å². The molecule has 38 heavy (non-hydrogen) atoms. The topological polar surface area (TPSA) is 87.7 Å². The Labute approximate surface area is 217 Å². The highest BCUT2D eigenvalue weighted by Gasteiger charge is 2.35. The normalized spacial score (nSPS) is 17.5. The highest BCUT2D eigenvalue weighted by molar-refractivity contribution is 6.04. The van der Waals surface area contributed by atoms with Gasteiger partial charge in [-0.25, -0.2) is 4.98 Å². The van der Waals surface area contributed by atoms with Gasteiger partial charge in [0.05, 0.1) is 42.4 Å². The molecule has 1 atom stereocenters. The molecule has 2 aliphatic rings. The first kappa shape index (κ1) is 25.7. The first-order valence-electron chi connectivity index (χ1n) is 12.2. The van der Waals surface area contributed by atoms with Crippen molar-refractivity contribution in [3.05, 3.63) is 71.3 Å². The summed E-state index contributed by atoms with van der Waals surface area (Å²) in [6.45, 7) is 6.50. The minimum Gasteiger partial charge on any atom is -0.377 e. The number of fused-ring (bicyclic) bond motifs is 3. The average molecular weight is 526 g/mol. The van der Waals surface area contributed by atoms with E-state index in [4.69, 9.17) is 4.74 Å². The van der Waals surface area contributed by atoms with Gasteiger partial charge >= 0.3 is 6.18 Å². The summed E-state index contributed by atoms with van der Waals surface area (Å²) < 4.78 is 44.9. The van der Waals surface area contributed by atoms with Gasteiger partial charge in [0.25, 0.3) is 11.8 Å². The van der Waals surface area contributed by atoms with Crippen LogP contribution in [0.4, 0.5) is 24.5 Å². The predicted molar refractivity (Wildman–Crippen MR) is 135 cm³/mol. The monoisotopic (exact) mass is 525 g/mol. The lowest BCUT2D eigenvalue weighted by atomic mass is 10.0. The molecule has 0 aliphatic carbocycles. The number of hydrogen-bond acceptors (Lipinski definition) is 6. The lowest BCUT2D eigenvalue weighted by Gasteiger charge is -2.37. The zero-order valence-corrected chi connectivity index (χ0v) is 20.9. The lowest BCUT2D eigenvalue weighted by Crippen LogP contribution is -2.50. The van der Waals surface area contributed by atoms with Crippen molar-refractivity contribution in [2.45, 2.75) is 26.1 Å². The molecule has 3 aromatic rings. The number of hydrogen-bond donors (Lipinski definition) is 1. The number of benzene rings is 1. The van der Waals surface area contributed by atoms with E-state index in [9.17, 15) is 22.8 Å². The Morgan fingerprint density at radius 3 is 2.76 bits per heavy atom. The predicted octanol–water partition coefficient (Wildman–Crippen LogP) is 4.40. The van der Waals surface area contributed by atoms with Crippen LogP contribution < -0.4 is 10.2 Å². The molecule has 11 heteroatoms. The van der Waals surface area contributed by atoms with Gasteiger partial charge in [-0.2, -0.15) is 13.2 Å². The van der Waals surface area contributed by atoms with Crippen LogP contribution in [0.25, 0.3) is 11.1 Å². The van der Waals surface area contributed by atoms with Gasteiger partial charge in [-0.15, -0.1) is 0 Å². The zero-order chi connectivity index (χ0) is 27.0. The van der Waals surface area contributed by atoms with Crippen molar-refractivity contribution < 1.29 is 27.5 Å². The Morgan fingerprint density at radius 2 is 2.00 bits per heavy atom. The van der Waals surface area contributed by atoms with E-state index in [-0.39, 0.29) is 17.5 Å². The van der Waals surface area contributed by atoms with E-state index in [0.29, 0.717) is 61.1 Å². The largest absolute Gasteiger partial charge is 0.416 e. The van der Waals surface area contributed by atoms with Gasteiger partial charge in [-0.05, 0) is 44.2 Å². The molecule has 198 valence electrons. The SMILES string of the molecule is CCN1C[C@@H]2COCCN2c2cc(-c3cc(NC(=O)c4cccc(C(F)(F)F)c4)cnc3C)cnc2C1=O. The minimum absolute atomic E-state index is 0.00302. The number of nitrogens with zero attached hydrogens (tertiary/aromatic N) is 4. The van der Waals surface area contributed by atoms with E-state index in [0.717, 1.165) is 17.8 Å². The Hall–Kier alpha value is -3.99. The molecule has 0 spiro atoms. The van der Waals surface area contributed by atoms with Crippen molar-refractivity contribution >= 4 is 23.2 Å². The van der Waals surface area contributed by atoms with Crippen molar-refractivity contribution in [2.75, 3.05) is 43.1 Å². The third kappa shape index (κ3) is 4.93. The van der Waals surface area contributed by atoms with Crippen LogP contribution in [-0.4, -0.2) is 65.6 Å². The second kappa shape index (κ2) is 10.1. The molecule has 5 rings (SSSR count). The average Bonchev–Trinajstić information content (AvgIpc) is 3.03. The van der Waals surface area contributed by atoms with Gasteiger partial charge in [0.15, 0.2) is 5.69 Å². The van der Waals surface area contributed by atoms with Crippen molar-refractivity contribution in [2.24, 2.45) is 0 Å². The third-order valence-electron chi connectivity index (χ3n) is 6.82. The molecule has 2 amide bonds. The van der Waals surface area contributed by atoms with Gasteiger partial charge in [0.2, 0.25) is 0 Å². The lowest BCUT2D eigenvalue weighted by molar-refractivity contribution is -0.137. The standard InChI is InChI=1S/C27H26F3N5O3/c1-3-34-14-21-15-38-8-7-35(21)23-10-18(12-32-24(23)26(34)37)22-11-20(13-31-16(22)2)33-25(36)17-5-4-6-19(9-17)27(28,29)30/h4-6,9-13,21H,3,7-8,14-15H2,1-2H3,(H,33,36)/t21-/m1/s1. The van der Waals surface area contributed by atoms with Crippen LogP contribution >= 0.6 is 0 Å². The van der Waals surface area contributed by atoms with Crippen LogP contribution in [0.15, 0.2) is 48.8 Å². The number of carbonyl (C=O) groups is 2. The van der Waals surface area contributed by atoms with Crippen molar-refractivity contribution in [1.29, 1.82) is 0 Å². The Bertz CT molecular complexity index is 1390. The number of anilines is 2. The Morgan fingerprint density at radius 1 is 1.18 bits per heavy atom. The molecule has 0 unspecified atom stereocenters. The number of amides is 2. The van der Waals surface area contributed by atoms with Gasteiger partial charge in [0, 0.05) is 48.2 Å². The molecule has 0 bridgehead atoms. The summed E-state index contributed by atoms with van der Waals surface area (Å²) in [5, 5.41) is 2.64. The molecule has 4 heterocycles. The fourth-order valence-electron chi connectivity index (χ4n) is 4.80.